The van der Waals surface area contributed by atoms with E-state index in [4.69, 9.17) is 4.74 Å². The number of thiazole rings is 1. The van der Waals surface area contributed by atoms with Crippen molar-refractivity contribution in [2.45, 2.75) is 12.5 Å². The van der Waals surface area contributed by atoms with Crippen molar-refractivity contribution in [2.75, 3.05) is 13.6 Å². The molecule has 2 aromatic heterocycles. The lowest BCUT2D eigenvalue weighted by Gasteiger charge is -2.18. The molecule has 108 valence electrons. The van der Waals surface area contributed by atoms with E-state index in [1.165, 1.54) is 0 Å². The van der Waals surface area contributed by atoms with Crippen molar-refractivity contribution in [3.8, 4) is 5.75 Å². The fraction of sp³-hybridized carbons (Fsp3) is 0.250. The molecule has 0 bridgehead atoms. The number of fused-ring (bicyclic) bond motifs is 1. The molecule has 0 amide bonds. The Balaban J connectivity index is 1.90. The first-order chi connectivity index (χ1) is 10.4. The quantitative estimate of drug-likeness (QED) is 0.757. The smallest absolute Gasteiger partial charge is 0.151 e. The van der Waals surface area contributed by atoms with Gasteiger partial charge in [0.05, 0.1) is 5.52 Å². The topological polar surface area (TPSA) is 47.0 Å². The van der Waals surface area contributed by atoms with Gasteiger partial charge in [0.15, 0.2) is 6.10 Å². The van der Waals surface area contributed by atoms with Gasteiger partial charge in [-0.3, -0.25) is 4.98 Å². The molecule has 0 saturated heterocycles. The number of hydrogen-bond acceptors (Lipinski definition) is 5. The maximum Gasteiger partial charge on any atom is 0.151 e. The molecule has 1 N–H and O–H groups in total. The minimum absolute atomic E-state index is 0.0387. The Morgan fingerprint density at radius 1 is 1.19 bits per heavy atom. The van der Waals surface area contributed by atoms with Crippen molar-refractivity contribution in [2.24, 2.45) is 0 Å². The largest absolute Gasteiger partial charge is 0.482 e. The second-order valence-corrected chi connectivity index (χ2v) is 5.62. The normalized spacial score (nSPS) is 12.4. The molecule has 0 aliphatic heterocycles. The van der Waals surface area contributed by atoms with Crippen molar-refractivity contribution >= 4 is 22.2 Å². The summed E-state index contributed by atoms with van der Waals surface area (Å²) in [7, 11) is 1.95. The monoisotopic (exact) mass is 299 g/mol. The Morgan fingerprint density at radius 2 is 2.14 bits per heavy atom. The van der Waals surface area contributed by atoms with Gasteiger partial charge in [0, 0.05) is 29.6 Å². The van der Waals surface area contributed by atoms with Gasteiger partial charge in [0.25, 0.3) is 0 Å². The van der Waals surface area contributed by atoms with E-state index in [0.29, 0.717) is 0 Å². The molecule has 0 aliphatic rings. The number of rotatable bonds is 6. The average molecular weight is 299 g/mol. The van der Waals surface area contributed by atoms with Crippen LogP contribution in [0.4, 0.5) is 0 Å². The maximum absolute atomic E-state index is 6.24. The fourth-order valence-corrected chi connectivity index (χ4v) is 2.93. The van der Waals surface area contributed by atoms with Crippen molar-refractivity contribution < 1.29 is 4.74 Å². The van der Waals surface area contributed by atoms with E-state index in [1.807, 2.05) is 49.0 Å². The number of aromatic nitrogens is 2. The number of benzene rings is 1. The third kappa shape index (κ3) is 3.20. The molecule has 21 heavy (non-hydrogen) atoms. The zero-order valence-electron chi connectivity index (χ0n) is 11.8. The van der Waals surface area contributed by atoms with E-state index in [1.54, 1.807) is 17.5 Å². The van der Waals surface area contributed by atoms with Crippen molar-refractivity contribution in [1.29, 1.82) is 0 Å². The highest BCUT2D eigenvalue weighted by molar-refractivity contribution is 7.09. The van der Waals surface area contributed by atoms with Crippen LogP contribution in [0, 0.1) is 0 Å². The minimum atomic E-state index is -0.0387. The second-order valence-electron chi connectivity index (χ2n) is 4.70. The Labute approximate surface area is 127 Å². The standard InChI is InChI=1S/C16H17N3OS/c1-17-9-7-15(16-19-10-11-21-16)20-14-6-2-5-13-12(14)4-3-8-18-13/h2-6,8,10-11,15,17H,7,9H2,1H3. The second kappa shape index (κ2) is 6.65. The first-order valence-corrected chi connectivity index (χ1v) is 7.81. The Hall–Kier alpha value is -1.98. The highest BCUT2D eigenvalue weighted by Gasteiger charge is 2.17. The summed E-state index contributed by atoms with van der Waals surface area (Å²) in [5.74, 6) is 0.858. The van der Waals surface area contributed by atoms with Crippen LogP contribution in [0.15, 0.2) is 48.1 Å². The molecule has 0 spiro atoms. The third-order valence-electron chi connectivity index (χ3n) is 3.26. The van der Waals surface area contributed by atoms with Gasteiger partial charge in [0.2, 0.25) is 0 Å². The van der Waals surface area contributed by atoms with Gasteiger partial charge < -0.3 is 10.1 Å². The van der Waals surface area contributed by atoms with Gasteiger partial charge in [-0.05, 0) is 37.9 Å². The third-order valence-corrected chi connectivity index (χ3v) is 4.13. The predicted molar refractivity (Wildman–Crippen MR) is 85.8 cm³/mol. The van der Waals surface area contributed by atoms with E-state index in [2.05, 4.69) is 15.3 Å². The first-order valence-electron chi connectivity index (χ1n) is 6.93. The molecule has 4 nitrogen and oxygen atoms in total. The van der Waals surface area contributed by atoms with Crippen molar-refractivity contribution in [3.63, 3.8) is 0 Å². The molecular weight excluding hydrogens is 282 g/mol. The van der Waals surface area contributed by atoms with Gasteiger partial charge in [0.1, 0.15) is 10.8 Å². The molecule has 0 fully saturated rings. The summed E-state index contributed by atoms with van der Waals surface area (Å²) in [4.78, 5) is 8.76. The van der Waals surface area contributed by atoms with Crippen LogP contribution in [-0.2, 0) is 0 Å². The zero-order valence-corrected chi connectivity index (χ0v) is 12.6. The molecule has 0 radical (unpaired) electrons. The lowest BCUT2D eigenvalue weighted by molar-refractivity contribution is 0.197. The molecule has 3 aromatic rings. The highest BCUT2D eigenvalue weighted by atomic mass is 32.1. The summed E-state index contributed by atoms with van der Waals surface area (Å²) >= 11 is 1.63. The lowest BCUT2D eigenvalue weighted by Crippen LogP contribution is -2.16. The van der Waals surface area contributed by atoms with Gasteiger partial charge in [-0.15, -0.1) is 11.3 Å². The van der Waals surface area contributed by atoms with Crippen LogP contribution in [-0.4, -0.2) is 23.6 Å². The van der Waals surface area contributed by atoms with E-state index >= 15 is 0 Å². The van der Waals surface area contributed by atoms with Crippen LogP contribution < -0.4 is 10.1 Å². The fourth-order valence-electron chi connectivity index (χ4n) is 2.23. The van der Waals surface area contributed by atoms with Crippen LogP contribution in [0.3, 0.4) is 0 Å². The Bertz CT molecular complexity index is 694. The highest BCUT2D eigenvalue weighted by Crippen LogP contribution is 2.30. The summed E-state index contributed by atoms with van der Waals surface area (Å²) in [5, 5.41) is 7.19. The lowest BCUT2D eigenvalue weighted by atomic mass is 10.2. The van der Waals surface area contributed by atoms with Crippen LogP contribution in [0.5, 0.6) is 5.75 Å². The summed E-state index contributed by atoms with van der Waals surface area (Å²) in [6.07, 6.45) is 4.45. The van der Waals surface area contributed by atoms with E-state index in [-0.39, 0.29) is 6.10 Å². The molecule has 1 aromatic carbocycles. The maximum atomic E-state index is 6.24. The summed E-state index contributed by atoms with van der Waals surface area (Å²) in [5.41, 5.74) is 0.946. The molecule has 5 heteroatoms. The van der Waals surface area contributed by atoms with Gasteiger partial charge in [-0.25, -0.2) is 4.98 Å². The number of hydrogen-bond donors (Lipinski definition) is 1. The summed E-state index contributed by atoms with van der Waals surface area (Å²) in [6, 6.07) is 9.93. The molecule has 3 rings (SSSR count). The number of ether oxygens (including phenoxy) is 1. The van der Waals surface area contributed by atoms with Crippen LogP contribution >= 0.6 is 11.3 Å². The van der Waals surface area contributed by atoms with Crippen molar-refractivity contribution in [1.82, 2.24) is 15.3 Å². The minimum Gasteiger partial charge on any atom is -0.482 e. The van der Waals surface area contributed by atoms with E-state index in [0.717, 1.165) is 34.6 Å². The van der Waals surface area contributed by atoms with Crippen LogP contribution in [0.2, 0.25) is 0 Å². The number of nitrogens with one attached hydrogen (secondary N) is 1. The van der Waals surface area contributed by atoms with Gasteiger partial charge in [-0.2, -0.15) is 0 Å². The average Bonchev–Trinajstić information content (AvgIpc) is 3.06. The number of nitrogens with zero attached hydrogens (tertiary/aromatic N) is 2. The Kier molecular flexibility index (Phi) is 4.43. The Morgan fingerprint density at radius 3 is 2.95 bits per heavy atom. The summed E-state index contributed by atoms with van der Waals surface area (Å²) < 4.78 is 6.24. The predicted octanol–water partition coefficient (Wildman–Crippen LogP) is 3.42. The zero-order chi connectivity index (χ0) is 14.5. The van der Waals surface area contributed by atoms with Crippen LogP contribution in [0.1, 0.15) is 17.5 Å². The summed E-state index contributed by atoms with van der Waals surface area (Å²) in [6.45, 7) is 0.882. The van der Waals surface area contributed by atoms with E-state index in [9.17, 15) is 0 Å². The molecule has 1 unspecified atom stereocenters. The SMILES string of the molecule is CNCCC(Oc1cccc2ncccc12)c1nccs1. The van der Waals surface area contributed by atoms with E-state index < -0.39 is 0 Å². The van der Waals surface area contributed by atoms with Crippen molar-refractivity contribution in [3.05, 3.63) is 53.1 Å². The first kappa shape index (κ1) is 14.0. The van der Waals surface area contributed by atoms with Crippen LogP contribution in [0.25, 0.3) is 10.9 Å². The molecule has 0 saturated carbocycles. The molecular formula is C16H17N3OS. The molecule has 1 atom stereocenters. The molecule has 0 aliphatic carbocycles. The molecule has 2 heterocycles. The van der Waals surface area contributed by atoms with Gasteiger partial charge >= 0.3 is 0 Å². The number of pyridine rings is 1. The van der Waals surface area contributed by atoms with Gasteiger partial charge in [-0.1, -0.05) is 6.07 Å².